The molecular weight excluding hydrogens is 238 g/mol. The van der Waals surface area contributed by atoms with Crippen LogP contribution in [0, 0.1) is 10.1 Å². The average Bonchev–Trinajstić information content (AvgIpc) is 2.35. The van der Waals surface area contributed by atoms with Crippen LogP contribution in [-0.2, 0) is 0 Å². The monoisotopic (exact) mass is 255 g/mol. The van der Waals surface area contributed by atoms with E-state index in [1.807, 2.05) is 23.7 Å². The number of thioether (sulfide) groups is 1. The summed E-state index contributed by atoms with van der Waals surface area (Å²) in [6.07, 6.45) is 1.30. The summed E-state index contributed by atoms with van der Waals surface area (Å²) in [6.45, 7) is 4.24. The predicted octanol–water partition coefficient (Wildman–Crippen LogP) is 2.57. The zero-order valence-electron chi connectivity index (χ0n) is 10.3. The van der Waals surface area contributed by atoms with Crippen molar-refractivity contribution in [2.24, 2.45) is 0 Å². The number of pyridine rings is 1. The number of hydrogen-bond acceptors (Lipinski definition) is 5. The molecule has 0 radical (unpaired) electrons. The number of nitro groups is 1. The quantitative estimate of drug-likeness (QED) is 0.577. The maximum absolute atomic E-state index is 10.5. The third-order valence-electron chi connectivity index (χ3n) is 2.53. The van der Waals surface area contributed by atoms with Gasteiger partial charge in [0, 0.05) is 24.9 Å². The normalized spacial score (nSPS) is 12.2. The molecule has 0 aliphatic heterocycles. The summed E-state index contributed by atoms with van der Waals surface area (Å²) in [6, 6.07) is 3.53. The summed E-state index contributed by atoms with van der Waals surface area (Å²) in [4.78, 5) is 16.2. The van der Waals surface area contributed by atoms with E-state index < -0.39 is 4.92 Å². The van der Waals surface area contributed by atoms with Gasteiger partial charge < -0.3 is 4.90 Å². The fourth-order valence-corrected chi connectivity index (χ4v) is 2.12. The lowest BCUT2D eigenvalue weighted by atomic mass is 10.3. The molecule has 0 N–H and O–H groups in total. The number of hydrogen-bond donors (Lipinski definition) is 0. The molecule has 1 heterocycles. The Hall–Kier alpha value is -1.30. The Kier molecular flexibility index (Phi) is 5.21. The van der Waals surface area contributed by atoms with Crippen LogP contribution in [0.3, 0.4) is 0 Å². The van der Waals surface area contributed by atoms with Crippen molar-refractivity contribution in [1.29, 1.82) is 0 Å². The van der Waals surface area contributed by atoms with Gasteiger partial charge in [-0.05, 0) is 18.7 Å². The van der Waals surface area contributed by atoms with Crippen LogP contribution in [0.2, 0.25) is 0 Å². The molecule has 0 unspecified atom stereocenters. The highest BCUT2D eigenvalue weighted by Gasteiger charge is 2.12. The Bertz CT molecular complexity index is 369. The summed E-state index contributed by atoms with van der Waals surface area (Å²) < 4.78 is 0. The standard InChI is InChI=1S/C11H17N3O2S/c1-4-17-8-9(2)13(3)11-6-5-10(7-12-11)14(15)16/h5-7,9H,4,8H2,1-3H3/t9-/m0/s1. The first-order valence-electron chi connectivity index (χ1n) is 5.47. The van der Waals surface area contributed by atoms with Gasteiger partial charge in [0.1, 0.15) is 12.0 Å². The number of anilines is 1. The highest BCUT2D eigenvalue weighted by atomic mass is 32.2. The minimum absolute atomic E-state index is 0.0257. The Balaban J connectivity index is 2.68. The summed E-state index contributed by atoms with van der Waals surface area (Å²) in [5.41, 5.74) is 0.0257. The summed E-state index contributed by atoms with van der Waals surface area (Å²) in [5, 5.41) is 10.5. The molecule has 0 bridgehead atoms. The van der Waals surface area contributed by atoms with E-state index in [1.165, 1.54) is 12.3 Å². The Morgan fingerprint density at radius 3 is 2.76 bits per heavy atom. The van der Waals surface area contributed by atoms with Crippen LogP contribution in [-0.4, -0.2) is 34.5 Å². The Morgan fingerprint density at radius 2 is 2.29 bits per heavy atom. The molecule has 0 saturated heterocycles. The van der Waals surface area contributed by atoms with Crippen LogP contribution in [0.5, 0.6) is 0 Å². The van der Waals surface area contributed by atoms with E-state index in [0.717, 1.165) is 17.3 Å². The molecule has 0 saturated carbocycles. The minimum atomic E-state index is -0.437. The van der Waals surface area contributed by atoms with E-state index in [1.54, 1.807) is 6.07 Å². The SMILES string of the molecule is CCSC[C@H](C)N(C)c1ccc([N+](=O)[O-])cn1. The fraction of sp³-hybridized carbons (Fsp3) is 0.545. The molecule has 1 aromatic heterocycles. The molecule has 6 heteroatoms. The van der Waals surface area contributed by atoms with Crippen molar-refractivity contribution in [3.8, 4) is 0 Å². The lowest BCUT2D eigenvalue weighted by Gasteiger charge is -2.25. The van der Waals surface area contributed by atoms with Gasteiger partial charge in [0.15, 0.2) is 0 Å². The molecule has 0 fully saturated rings. The van der Waals surface area contributed by atoms with Crippen LogP contribution < -0.4 is 4.90 Å². The molecule has 17 heavy (non-hydrogen) atoms. The van der Waals surface area contributed by atoms with Crippen molar-refractivity contribution < 1.29 is 4.92 Å². The third-order valence-corrected chi connectivity index (χ3v) is 3.66. The van der Waals surface area contributed by atoms with E-state index >= 15 is 0 Å². The zero-order chi connectivity index (χ0) is 12.8. The van der Waals surface area contributed by atoms with Crippen molar-refractivity contribution in [1.82, 2.24) is 4.98 Å². The van der Waals surface area contributed by atoms with Gasteiger partial charge in [-0.2, -0.15) is 11.8 Å². The summed E-state index contributed by atoms with van der Waals surface area (Å²) in [7, 11) is 1.95. The van der Waals surface area contributed by atoms with Crippen molar-refractivity contribution >= 4 is 23.3 Å². The van der Waals surface area contributed by atoms with Gasteiger partial charge in [0.25, 0.3) is 5.69 Å². The maximum Gasteiger partial charge on any atom is 0.287 e. The first-order valence-corrected chi connectivity index (χ1v) is 6.62. The fourth-order valence-electron chi connectivity index (χ4n) is 1.32. The number of nitrogens with zero attached hydrogens (tertiary/aromatic N) is 3. The molecule has 0 amide bonds. The molecule has 1 aromatic rings. The van der Waals surface area contributed by atoms with Crippen molar-refractivity contribution in [3.63, 3.8) is 0 Å². The van der Waals surface area contributed by atoms with Gasteiger partial charge in [0.2, 0.25) is 0 Å². The molecule has 0 aromatic carbocycles. The van der Waals surface area contributed by atoms with Gasteiger partial charge in [-0.1, -0.05) is 6.92 Å². The first-order chi connectivity index (χ1) is 8.06. The summed E-state index contributed by atoms with van der Waals surface area (Å²) >= 11 is 1.87. The average molecular weight is 255 g/mol. The molecule has 0 spiro atoms. The Labute approximate surface area is 105 Å². The second-order valence-corrected chi connectivity index (χ2v) is 5.07. The van der Waals surface area contributed by atoms with Gasteiger partial charge in [-0.3, -0.25) is 10.1 Å². The zero-order valence-corrected chi connectivity index (χ0v) is 11.1. The van der Waals surface area contributed by atoms with Crippen LogP contribution in [0.1, 0.15) is 13.8 Å². The first kappa shape index (κ1) is 13.8. The third kappa shape index (κ3) is 3.89. The highest BCUT2D eigenvalue weighted by molar-refractivity contribution is 7.99. The van der Waals surface area contributed by atoms with E-state index in [2.05, 4.69) is 18.8 Å². The maximum atomic E-state index is 10.5. The van der Waals surface area contributed by atoms with Crippen molar-refractivity contribution in [2.75, 3.05) is 23.5 Å². The molecule has 1 rings (SSSR count). The van der Waals surface area contributed by atoms with Gasteiger partial charge >= 0.3 is 0 Å². The Morgan fingerprint density at radius 1 is 1.59 bits per heavy atom. The second kappa shape index (κ2) is 6.44. The molecular formula is C11H17N3O2S. The number of aromatic nitrogens is 1. The van der Waals surface area contributed by atoms with E-state index in [0.29, 0.717) is 6.04 Å². The smallest absolute Gasteiger partial charge is 0.287 e. The molecule has 0 aliphatic rings. The van der Waals surface area contributed by atoms with E-state index in [4.69, 9.17) is 0 Å². The minimum Gasteiger partial charge on any atom is -0.356 e. The van der Waals surface area contributed by atoms with E-state index in [9.17, 15) is 10.1 Å². The molecule has 94 valence electrons. The number of rotatable bonds is 6. The van der Waals surface area contributed by atoms with Gasteiger partial charge in [-0.15, -0.1) is 0 Å². The molecule has 5 nitrogen and oxygen atoms in total. The van der Waals surface area contributed by atoms with Crippen molar-refractivity contribution in [3.05, 3.63) is 28.4 Å². The van der Waals surface area contributed by atoms with Crippen LogP contribution in [0.25, 0.3) is 0 Å². The van der Waals surface area contributed by atoms with Crippen LogP contribution in [0.15, 0.2) is 18.3 Å². The van der Waals surface area contributed by atoms with Gasteiger partial charge in [0.05, 0.1) is 4.92 Å². The topological polar surface area (TPSA) is 59.3 Å². The molecule has 0 aliphatic carbocycles. The van der Waals surface area contributed by atoms with Crippen LogP contribution in [0.4, 0.5) is 11.5 Å². The van der Waals surface area contributed by atoms with Gasteiger partial charge in [-0.25, -0.2) is 4.98 Å². The molecule has 1 atom stereocenters. The lowest BCUT2D eigenvalue weighted by Crippen LogP contribution is -2.31. The highest BCUT2D eigenvalue weighted by Crippen LogP contribution is 2.17. The van der Waals surface area contributed by atoms with E-state index in [-0.39, 0.29) is 5.69 Å². The second-order valence-electron chi connectivity index (χ2n) is 3.75. The lowest BCUT2D eigenvalue weighted by molar-refractivity contribution is -0.385. The predicted molar refractivity (Wildman–Crippen MR) is 71.8 cm³/mol. The summed E-state index contributed by atoms with van der Waals surface area (Å²) in [5.74, 6) is 2.87. The van der Waals surface area contributed by atoms with Crippen molar-refractivity contribution in [2.45, 2.75) is 19.9 Å². The largest absolute Gasteiger partial charge is 0.356 e. The van der Waals surface area contributed by atoms with Crippen LogP contribution >= 0.6 is 11.8 Å².